The number of amides is 1. The van der Waals surface area contributed by atoms with Crippen LogP contribution in [0.5, 0.6) is 0 Å². The van der Waals surface area contributed by atoms with Crippen molar-refractivity contribution in [1.82, 2.24) is 9.62 Å². The molecule has 0 saturated carbocycles. The summed E-state index contributed by atoms with van der Waals surface area (Å²) in [4.78, 5) is 14.2. The molecule has 0 aromatic heterocycles. The summed E-state index contributed by atoms with van der Waals surface area (Å²) >= 11 is 0. The molecule has 0 aliphatic carbocycles. The number of ether oxygens (including phenoxy) is 1. The highest BCUT2D eigenvalue weighted by Gasteiger charge is 2.21. The minimum atomic E-state index is -3.44. The number of nitrogens with one attached hydrogen (secondary N) is 1. The molecule has 1 unspecified atom stereocenters. The van der Waals surface area contributed by atoms with Crippen LogP contribution in [0, 0.1) is 0 Å². The summed E-state index contributed by atoms with van der Waals surface area (Å²) in [5.74, 6) is -0.0568. The molecule has 1 fully saturated rings. The van der Waals surface area contributed by atoms with Crippen LogP contribution in [0.25, 0.3) is 6.08 Å². The number of hydrogen-bond acceptors (Lipinski definition) is 4. The first-order valence-electron chi connectivity index (χ1n) is 7.58. The zero-order chi connectivity index (χ0) is 16.9. The van der Waals surface area contributed by atoms with Gasteiger partial charge in [-0.1, -0.05) is 19.1 Å². The number of benzene rings is 1. The third kappa shape index (κ3) is 4.63. The number of sulfonamides is 1. The molecule has 2 rings (SSSR count). The van der Waals surface area contributed by atoms with Gasteiger partial charge < -0.3 is 9.64 Å². The van der Waals surface area contributed by atoms with Gasteiger partial charge in [0.1, 0.15) is 0 Å². The van der Waals surface area contributed by atoms with Crippen LogP contribution < -0.4 is 4.72 Å². The van der Waals surface area contributed by atoms with E-state index < -0.39 is 10.0 Å². The van der Waals surface area contributed by atoms with Crippen molar-refractivity contribution in [1.29, 1.82) is 0 Å². The van der Waals surface area contributed by atoms with E-state index in [0.717, 1.165) is 12.0 Å². The highest BCUT2D eigenvalue weighted by molar-refractivity contribution is 7.89. The molecule has 0 radical (unpaired) electrons. The Labute approximate surface area is 137 Å². The van der Waals surface area contributed by atoms with E-state index in [0.29, 0.717) is 19.7 Å². The highest BCUT2D eigenvalue weighted by Crippen LogP contribution is 2.12. The van der Waals surface area contributed by atoms with Crippen molar-refractivity contribution in [2.24, 2.45) is 0 Å². The number of nitrogens with zero attached hydrogens (tertiary/aromatic N) is 1. The maximum absolute atomic E-state index is 12.2. The largest absolute Gasteiger partial charge is 0.375 e. The van der Waals surface area contributed by atoms with Crippen molar-refractivity contribution in [3.05, 3.63) is 35.9 Å². The summed E-state index contributed by atoms with van der Waals surface area (Å²) in [6, 6.07) is 6.36. The van der Waals surface area contributed by atoms with E-state index in [1.54, 1.807) is 23.1 Å². The zero-order valence-electron chi connectivity index (χ0n) is 13.4. The minimum Gasteiger partial charge on any atom is -0.375 e. The predicted octanol–water partition coefficient (Wildman–Crippen LogP) is 1.25. The second-order valence-electron chi connectivity index (χ2n) is 5.30. The van der Waals surface area contributed by atoms with Gasteiger partial charge in [0.15, 0.2) is 0 Å². The second-order valence-corrected chi connectivity index (χ2v) is 7.18. The van der Waals surface area contributed by atoms with Gasteiger partial charge in [0.25, 0.3) is 0 Å². The van der Waals surface area contributed by atoms with Gasteiger partial charge >= 0.3 is 0 Å². The van der Waals surface area contributed by atoms with E-state index >= 15 is 0 Å². The molecule has 1 aromatic carbocycles. The Hall–Kier alpha value is -1.70. The molecule has 0 bridgehead atoms. The van der Waals surface area contributed by atoms with Crippen molar-refractivity contribution in [2.45, 2.75) is 24.3 Å². The Morgan fingerprint density at radius 3 is 2.70 bits per heavy atom. The Bertz CT molecular complexity index is 668. The average Bonchev–Trinajstić information content (AvgIpc) is 2.60. The number of rotatable bonds is 5. The molecule has 6 nitrogen and oxygen atoms in total. The third-order valence-corrected chi connectivity index (χ3v) is 5.21. The van der Waals surface area contributed by atoms with Crippen LogP contribution in [0.2, 0.25) is 0 Å². The third-order valence-electron chi connectivity index (χ3n) is 3.78. The van der Waals surface area contributed by atoms with Gasteiger partial charge in [0.2, 0.25) is 15.9 Å². The topological polar surface area (TPSA) is 75.7 Å². The molecule has 7 heteroatoms. The number of morpholine rings is 1. The first-order valence-corrected chi connectivity index (χ1v) is 9.06. The molecular formula is C16H22N2O4S. The molecule has 1 heterocycles. The maximum atomic E-state index is 12.2. The molecule has 23 heavy (non-hydrogen) atoms. The molecule has 1 aliphatic heterocycles. The highest BCUT2D eigenvalue weighted by atomic mass is 32.2. The van der Waals surface area contributed by atoms with E-state index in [-0.39, 0.29) is 16.9 Å². The lowest BCUT2D eigenvalue weighted by Crippen LogP contribution is -2.44. The van der Waals surface area contributed by atoms with E-state index in [1.165, 1.54) is 25.3 Å². The standard InChI is InChI=1S/C16H22N2O4S/c1-3-14-12-18(10-11-22-14)16(19)9-6-13-4-7-15(8-5-13)23(20,21)17-2/h4-9,14,17H,3,10-12H2,1-2H3. The normalized spacial score (nSPS) is 19.2. The Balaban J connectivity index is 2.01. The van der Waals surface area contributed by atoms with Gasteiger partial charge in [-0.15, -0.1) is 0 Å². The molecule has 1 aromatic rings. The maximum Gasteiger partial charge on any atom is 0.246 e. The lowest BCUT2D eigenvalue weighted by Gasteiger charge is -2.31. The molecule has 126 valence electrons. The van der Waals surface area contributed by atoms with Crippen molar-refractivity contribution in [3.8, 4) is 0 Å². The fourth-order valence-electron chi connectivity index (χ4n) is 2.32. The summed E-state index contributed by atoms with van der Waals surface area (Å²) in [6.45, 7) is 3.81. The Kier molecular flexibility index (Phi) is 5.92. The van der Waals surface area contributed by atoms with E-state index in [9.17, 15) is 13.2 Å². The summed E-state index contributed by atoms with van der Waals surface area (Å²) in [5.41, 5.74) is 0.772. The first-order chi connectivity index (χ1) is 11.0. The van der Waals surface area contributed by atoms with Crippen LogP contribution in [0.4, 0.5) is 0 Å². The fourth-order valence-corrected chi connectivity index (χ4v) is 3.05. The van der Waals surface area contributed by atoms with E-state index in [4.69, 9.17) is 4.74 Å². The van der Waals surface area contributed by atoms with Gasteiger partial charge in [-0.2, -0.15) is 0 Å². The molecule has 1 atom stereocenters. The molecule has 0 spiro atoms. The lowest BCUT2D eigenvalue weighted by atomic mass is 10.2. The van der Waals surface area contributed by atoms with Gasteiger partial charge in [0, 0.05) is 19.2 Å². The van der Waals surface area contributed by atoms with Crippen molar-refractivity contribution >= 4 is 22.0 Å². The van der Waals surface area contributed by atoms with Gasteiger partial charge in [-0.05, 0) is 37.2 Å². The van der Waals surface area contributed by atoms with Crippen molar-refractivity contribution < 1.29 is 17.9 Å². The number of carbonyl (C=O) groups excluding carboxylic acids is 1. The van der Waals surface area contributed by atoms with Crippen LogP contribution >= 0.6 is 0 Å². The monoisotopic (exact) mass is 338 g/mol. The number of hydrogen-bond donors (Lipinski definition) is 1. The van der Waals surface area contributed by atoms with Crippen molar-refractivity contribution in [2.75, 3.05) is 26.7 Å². The quantitative estimate of drug-likeness (QED) is 0.820. The van der Waals surface area contributed by atoms with Crippen molar-refractivity contribution in [3.63, 3.8) is 0 Å². The zero-order valence-corrected chi connectivity index (χ0v) is 14.2. The summed E-state index contributed by atoms with van der Waals surface area (Å²) in [5, 5.41) is 0. The van der Waals surface area contributed by atoms with Crippen LogP contribution in [-0.2, 0) is 19.6 Å². The molecule has 1 amide bonds. The molecule has 1 saturated heterocycles. The van der Waals surface area contributed by atoms with Crippen LogP contribution in [0.15, 0.2) is 35.2 Å². The fraction of sp³-hybridized carbons (Fsp3) is 0.438. The second kappa shape index (κ2) is 7.72. The summed E-state index contributed by atoms with van der Waals surface area (Å²) < 4.78 is 31.1. The average molecular weight is 338 g/mol. The first kappa shape index (κ1) is 17.7. The van der Waals surface area contributed by atoms with Gasteiger partial charge in [-0.3, -0.25) is 4.79 Å². The van der Waals surface area contributed by atoms with Gasteiger partial charge in [-0.25, -0.2) is 13.1 Å². The Morgan fingerprint density at radius 1 is 1.39 bits per heavy atom. The SMILES string of the molecule is CCC1CN(C(=O)C=Cc2ccc(S(=O)(=O)NC)cc2)CCO1. The minimum absolute atomic E-state index is 0.0568. The van der Waals surface area contributed by atoms with Crippen LogP contribution in [-0.4, -0.2) is 52.1 Å². The van der Waals surface area contributed by atoms with Gasteiger partial charge in [0.05, 0.1) is 17.6 Å². The number of carbonyl (C=O) groups is 1. The molecule has 1 N–H and O–H groups in total. The summed E-state index contributed by atoms with van der Waals surface area (Å²) in [7, 11) is -2.07. The van der Waals surface area contributed by atoms with Crippen LogP contribution in [0.1, 0.15) is 18.9 Å². The lowest BCUT2D eigenvalue weighted by molar-refractivity contribution is -0.133. The summed E-state index contributed by atoms with van der Waals surface area (Å²) in [6.07, 6.45) is 4.19. The molecular weight excluding hydrogens is 316 g/mol. The van der Waals surface area contributed by atoms with E-state index in [1.807, 2.05) is 6.92 Å². The van der Waals surface area contributed by atoms with E-state index in [2.05, 4.69) is 4.72 Å². The molecule has 1 aliphatic rings. The smallest absolute Gasteiger partial charge is 0.246 e. The van der Waals surface area contributed by atoms with Crippen LogP contribution in [0.3, 0.4) is 0 Å². The Morgan fingerprint density at radius 2 is 2.09 bits per heavy atom. The predicted molar refractivity (Wildman–Crippen MR) is 88.3 cm³/mol.